The second-order valence-corrected chi connectivity index (χ2v) is 6.59. The molecular weight excluding hydrogens is 308 g/mol. The van der Waals surface area contributed by atoms with E-state index in [9.17, 15) is 9.59 Å². The predicted octanol–water partition coefficient (Wildman–Crippen LogP) is 1.71. The number of methoxy groups -OCH3 is 1. The first-order valence-electron chi connectivity index (χ1n) is 8.40. The van der Waals surface area contributed by atoms with E-state index in [0.717, 1.165) is 31.4 Å². The van der Waals surface area contributed by atoms with E-state index in [0.29, 0.717) is 11.3 Å². The van der Waals surface area contributed by atoms with E-state index in [4.69, 9.17) is 4.74 Å². The van der Waals surface area contributed by atoms with Gasteiger partial charge < -0.3 is 10.1 Å². The Kier molecular flexibility index (Phi) is 4.71. The molecule has 0 saturated heterocycles. The molecule has 24 heavy (non-hydrogen) atoms. The van der Waals surface area contributed by atoms with Crippen molar-refractivity contribution in [3.05, 3.63) is 33.9 Å². The number of aryl methyl sites for hydroxylation is 1. The Morgan fingerprint density at radius 3 is 2.75 bits per heavy atom. The summed E-state index contributed by atoms with van der Waals surface area (Å²) >= 11 is 0. The van der Waals surface area contributed by atoms with Crippen LogP contribution in [-0.2, 0) is 9.53 Å². The molecule has 0 aliphatic heterocycles. The number of ether oxygens (including phenoxy) is 1. The molecule has 7 heteroatoms. The van der Waals surface area contributed by atoms with Gasteiger partial charge in [-0.05, 0) is 39.5 Å². The molecule has 1 amide bonds. The molecule has 0 unspecified atom stereocenters. The molecule has 2 heterocycles. The number of hydrogen-bond acceptors (Lipinski definition) is 4. The van der Waals surface area contributed by atoms with Gasteiger partial charge in [0.15, 0.2) is 5.65 Å². The molecule has 2 aromatic heterocycles. The van der Waals surface area contributed by atoms with Crippen molar-refractivity contribution in [2.24, 2.45) is 5.92 Å². The lowest BCUT2D eigenvalue weighted by Gasteiger charge is -2.27. The third-order valence-corrected chi connectivity index (χ3v) is 4.78. The topological polar surface area (TPSA) is 88.5 Å². The van der Waals surface area contributed by atoms with Crippen molar-refractivity contribution < 1.29 is 9.53 Å². The fourth-order valence-corrected chi connectivity index (χ4v) is 3.32. The number of hydrogen-bond donors (Lipinski definition) is 2. The van der Waals surface area contributed by atoms with E-state index in [1.165, 1.54) is 10.6 Å². The van der Waals surface area contributed by atoms with E-state index < -0.39 is 0 Å². The number of amides is 1. The number of carbonyl (C=O) groups is 1. The van der Waals surface area contributed by atoms with Crippen molar-refractivity contribution in [1.29, 1.82) is 0 Å². The van der Waals surface area contributed by atoms with Gasteiger partial charge in [-0.1, -0.05) is 0 Å². The number of rotatable bonds is 4. The molecule has 0 bridgehead atoms. The van der Waals surface area contributed by atoms with Crippen molar-refractivity contribution in [1.82, 2.24) is 19.9 Å². The molecule has 2 N–H and O–H groups in total. The monoisotopic (exact) mass is 332 g/mol. The third-order valence-electron chi connectivity index (χ3n) is 4.78. The van der Waals surface area contributed by atoms with E-state index in [1.807, 2.05) is 19.9 Å². The number of nitrogens with one attached hydrogen (secondary N) is 2. The van der Waals surface area contributed by atoms with Crippen LogP contribution in [-0.4, -0.2) is 33.7 Å². The highest BCUT2D eigenvalue weighted by Gasteiger charge is 2.27. The van der Waals surface area contributed by atoms with Crippen molar-refractivity contribution >= 4 is 11.6 Å². The Bertz CT molecular complexity index is 787. The summed E-state index contributed by atoms with van der Waals surface area (Å²) in [5.74, 6) is 0.0440. The van der Waals surface area contributed by atoms with E-state index in [-0.39, 0.29) is 29.5 Å². The molecule has 130 valence electrons. The maximum Gasteiger partial charge on any atom is 0.272 e. The van der Waals surface area contributed by atoms with Gasteiger partial charge in [0.2, 0.25) is 5.91 Å². The molecule has 0 aromatic carbocycles. The Balaban J connectivity index is 1.69. The number of aromatic nitrogens is 3. The molecule has 1 atom stereocenters. The quantitative estimate of drug-likeness (QED) is 0.892. The summed E-state index contributed by atoms with van der Waals surface area (Å²) in [6.45, 7) is 3.73. The van der Waals surface area contributed by atoms with Gasteiger partial charge >= 0.3 is 0 Å². The second kappa shape index (κ2) is 6.76. The van der Waals surface area contributed by atoms with Crippen LogP contribution in [0.2, 0.25) is 0 Å². The molecule has 3 rings (SSSR count). The minimum absolute atomic E-state index is 0.0122. The van der Waals surface area contributed by atoms with Gasteiger partial charge in [0.05, 0.1) is 17.8 Å². The summed E-state index contributed by atoms with van der Waals surface area (Å²) in [6, 6.07) is 2.98. The number of H-pyrrole nitrogens is 1. The highest BCUT2D eigenvalue weighted by Crippen LogP contribution is 2.26. The van der Waals surface area contributed by atoms with Crippen LogP contribution in [0.4, 0.5) is 0 Å². The molecule has 0 radical (unpaired) electrons. The van der Waals surface area contributed by atoms with Gasteiger partial charge in [0, 0.05) is 30.9 Å². The average Bonchev–Trinajstić information content (AvgIpc) is 2.95. The Labute approximate surface area is 140 Å². The highest BCUT2D eigenvalue weighted by atomic mass is 16.5. The Morgan fingerprint density at radius 2 is 2.08 bits per heavy atom. The molecule has 7 nitrogen and oxygen atoms in total. The summed E-state index contributed by atoms with van der Waals surface area (Å²) < 4.78 is 6.75. The zero-order valence-corrected chi connectivity index (χ0v) is 14.3. The summed E-state index contributed by atoms with van der Waals surface area (Å²) in [5.41, 5.74) is 1.84. The summed E-state index contributed by atoms with van der Waals surface area (Å²) in [4.78, 5) is 29.1. The van der Waals surface area contributed by atoms with Crippen LogP contribution in [0.25, 0.3) is 5.65 Å². The first-order valence-corrected chi connectivity index (χ1v) is 8.40. The smallest absolute Gasteiger partial charge is 0.272 e. The molecule has 1 aliphatic carbocycles. The number of aromatic amines is 1. The highest BCUT2D eigenvalue weighted by molar-refractivity contribution is 5.79. The van der Waals surface area contributed by atoms with E-state index in [1.54, 1.807) is 7.11 Å². The zero-order chi connectivity index (χ0) is 17.3. The van der Waals surface area contributed by atoms with Gasteiger partial charge in [-0.25, -0.2) is 9.50 Å². The molecule has 1 fully saturated rings. The van der Waals surface area contributed by atoms with Gasteiger partial charge in [0.1, 0.15) is 0 Å². The zero-order valence-electron chi connectivity index (χ0n) is 14.3. The van der Waals surface area contributed by atoms with Gasteiger partial charge in [0.25, 0.3) is 5.56 Å². The average molecular weight is 332 g/mol. The van der Waals surface area contributed by atoms with Crippen LogP contribution in [0.15, 0.2) is 16.9 Å². The Morgan fingerprint density at radius 1 is 1.38 bits per heavy atom. The lowest BCUT2D eigenvalue weighted by molar-refractivity contribution is -0.127. The maximum atomic E-state index is 12.5. The second-order valence-electron chi connectivity index (χ2n) is 6.59. The Hall–Kier alpha value is -2.15. The summed E-state index contributed by atoms with van der Waals surface area (Å²) in [5, 5.41) is 5.93. The fraction of sp³-hybridized carbons (Fsp3) is 0.588. The van der Waals surface area contributed by atoms with Crippen molar-refractivity contribution in [2.75, 3.05) is 7.11 Å². The lowest BCUT2D eigenvalue weighted by Crippen LogP contribution is -2.36. The molecule has 0 spiro atoms. The maximum absolute atomic E-state index is 12.5. The minimum Gasteiger partial charge on any atom is -0.381 e. The van der Waals surface area contributed by atoms with Gasteiger partial charge in [-0.3, -0.25) is 14.7 Å². The largest absolute Gasteiger partial charge is 0.381 e. The number of nitrogens with zero attached hydrogens (tertiary/aromatic N) is 2. The summed E-state index contributed by atoms with van der Waals surface area (Å²) in [6.07, 6.45) is 3.77. The minimum atomic E-state index is -0.300. The van der Waals surface area contributed by atoms with Crippen molar-refractivity contribution in [2.45, 2.75) is 51.7 Å². The number of carbonyl (C=O) groups excluding carboxylic acids is 1. The van der Waals surface area contributed by atoms with Crippen LogP contribution in [0.5, 0.6) is 0 Å². The predicted molar refractivity (Wildman–Crippen MR) is 89.9 cm³/mol. The van der Waals surface area contributed by atoms with Crippen LogP contribution >= 0.6 is 0 Å². The molecular formula is C17H24N4O3. The standard InChI is InChI=1S/C17H24N4O3/c1-10-8-15-19-14(9-16(22)21(15)20-10)11(2)18-17(23)12-4-6-13(24-3)7-5-12/h8-9,11-13,20H,4-7H2,1-3H3,(H,18,23)/t11-,12?,13?/m0/s1. The lowest BCUT2D eigenvalue weighted by atomic mass is 9.86. The first kappa shape index (κ1) is 16.7. The molecule has 2 aromatic rings. The fourth-order valence-electron chi connectivity index (χ4n) is 3.32. The first-order chi connectivity index (χ1) is 11.5. The normalized spacial score (nSPS) is 22.5. The van der Waals surface area contributed by atoms with Crippen LogP contribution in [0.1, 0.15) is 50.0 Å². The summed E-state index contributed by atoms with van der Waals surface area (Å²) in [7, 11) is 1.72. The third kappa shape index (κ3) is 3.36. The number of fused-ring (bicyclic) bond motifs is 1. The van der Waals surface area contributed by atoms with Gasteiger partial charge in [-0.2, -0.15) is 0 Å². The van der Waals surface area contributed by atoms with E-state index >= 15 is 0 Å². The SMILES string of the molecule is COC1CCC(C(=O)N[C@@H](C)c2cc(=O)n3[nH]c(C)cc3n2)CC1. The molecule has 1 saturated carbocycles. The van der Waals surface area contributed by atoms with E-state index in [2.05, 4.69) is 15.4 Å². The van der Waals surface area contributed by atoms with Crippen LogP contribution in [0, 0.1) is 12.8 Å². The molecule has 1 aliphatic rings. The van der Waals surface area contributed by atoms with Crippen molar-refractivity contribution in [3.63, 3.8) is 0 Å². The van der Waals surface area contributed by atoms with Crippen molar-refractivity contribution in [3.8, 4) is 0 Å². The van der Waals surface area contributed by atoms with Crippen LogP contribution < -0.4 is 10.9 Å². The van der Waals surface area contributed by atoms with Gasteiger partial charge in [-0.15, -0.1) is 0 Å². The van der Waals surface area contributed by atoms with Crippen LogP contribution in [0.3, 0.4) is 0 Å².